The lowest BCUT2D eigenvalue weighted by Gasteiger charge is -2.42. The molecular formula is C20H32N4. The standard InChI is InChI=1S/C20H32N4/c1-20(2,15-22-19(21-3)23-18-10-6-7-11-18)24-13-12-16-8-4-5-9-17(16)14-24/h4-5,8-9,18H,6-7,10-15H2,1-3H3,(H2,21,22,23). The van der Waals surface area contributed by atoms with E-state index in [1.165, 1.54) is 36.8 Å². The SMILES string of the molecule is CN=C(NCC(C)(C)N1CCc2ccccc2C1)NC1CCCC1. The molecule has 1 heterocycles. The minimum Gasteiger partial charge on any atom is -0.355 e. The first kappa shape index (κ1) is 17.3. The number of guanidine groups is 1. The third-order valence-corrected chi connectivity index (χ3v) is 5.59. The molecule has 1 aromatic carbocycles. The van der Waals surface area contributed by atoms with E-state index in [0.717, 1.165) is 32.0 Å². The number of aliphatic imine (C=N–C) groups is 1. The number of fused-ring (bicyclic) bond motifs is 1. The van der Waals surface area contributed by atoms with Crippen LogP contribution in [-0.4, -0.2) is 42.6 Å². The molecule has 0 bridgehead atoms. The zero-order valence-corrected chi connectivity index (χ0v) is 15.4. The second kappa shape index (κ2) is 7.56. The molecule has 132 valence electrons. The van der Waals surface area contributed by atoms with E-state index in [1.807, 2.05) is 7.05 Å². The van der Waals surface area contributed by atoms with E-state index in [4.69, 9.17) is 0 Å². The summed E-state index contributed by atoms with van der Waals surface area (Å²) in [5.41, 5.74) is 3.09. The van der Waals surface area contributed by atoms with Crippen LogP contribution in [0.3, 0.4) is 0 Å². The van der Waals surface area contributed by atoms with Crippen LogP contribution in [0.15, 0.2) is 29.3 Å². The molecule has 2 N–H and O–H groups in total. The minimum atomic E-state index is 0.0980. The lowest BCUT2D eigenvalue weighted by molar-refractivity contribution is 0.107. The quantitative estimate of drug-likeness (QED) is 0.659. The fourth-order valence-corrected chi connectivity index (χ4v) is 3.88. The summed E-state index contributed by atoms with van der Waals surface area (Å²) in [4.78, 5) is 7.00. The molecule has 24 heavy (non-hydrogen) atoms. The van der Waals surface area contributed by atoms with Crippen LogP contribution >= 0.6 is 0 Å². The highest BCUT2D eigenvalue weighted by Gasteiger charge is 2.30. The molecule has 0 saturated heterocycles. The number of hydrogen-bond acceptors (Lipinski definition) is 2. The molecule has 1 saturated carbocycles. The zero-order chi connectivity index (χ0) is 17.0. The van der Waals surface area contributed by atoms with Crippen molar-refractivity contribution < 1.29 is 0 Å². The maximum Gasteiger partial charge on any atom is 0.191 e. The van der Waals surface area contributed by atoms with Crippen molar-refractivity contribution in [2.45, 2.75) is 64.1 Å². The first-order chi connectivity index (χ1) is 11.6. The normalized spacial score (nSPS) is 20.0. The van der Waals surface area contributed by atoms with Gasteiger partial charge in [0.1, 0.15) is 0 Å². The number of rotatable bonds is 4. The second-order valence-electron chi connectivity index (χ2n) is 7.80. The average Bonchev–Trinajstić information content (AvgIpc) is 3.11. The average molecular weight is 329 g/mol. The number of nitrogens with zero attached hydrogens (tertiary/aromatic N) is 2. The third-order valence-electron chi connectivity index (χ3n) is 5.59. The van der Waals surface area contributed by atoms with Crippen LogP contribution < -0.4 is 10.6 Å². The van der Waals surface area contributed by atoms with Gasteiger partial charge in [-0.3, -0.25) is 9.89 Å². The highest BCUT2D eigenvalue weighted by Crippen LogP contribution is 2.25. The predicted molar refractivity (Wildman–Crippen MR) is 101 cm³/mol. The molecule has 1 fully saturated rings. The van der Waals surface area contributed by atoms with Gasteiger partial charge < -0.3 is 10.6 Å². The summed E-state index contributed by atoms with van der Waals surface area (Å²) in [5, 5.41) is 7.13. The van der Waals surface area contributed by atoms with Crippen LogP contribution in [0.25, 0.3) is 0 Å². The molecule has 1 aliphatic heterocycles. The molecule has 3 rings (SSSR count). The van der Waals surface area contributed by atoms with Crippen molar-refractivity contribution in [2.75, 3.05) is 20.1 Å². The van der Waals surface area contributed by atoms with Crippen molar-refractivity contribution in [3.8, 4) is 0 Å². The fourth-order valence-electron chi connectivity index (χ4n) is 3.88. The second-order valence-corrected chi connectivity index (χ2v) is 7.80. The van der Waals surface area contributed by atoms with Gasteiger partial charge in [0, 0.05) is 38.3 Å². The topological polar surface area (TPSA) is 39.7 Å². The summed E-state index contributed by atoms with van der Waals surface area (Å²) >= 11 is 0. The van der Waals surface area contributed by atoms with E-state index in [2.05, 4.69) is 58.6 Å². The molecule has 1 aromatic rings. The third kappa shape index (κ3) is 4.10. The van der Waals surface area contributed by atoms with Gasteiger partial charge in [0.15, 0.2) is 5.96 Å². The predicted octanol–water partition coefficient (Wildman–Crippen LogP) is 2.93. The van der Waals surface area contributed by atoms with Crippen molar-refractivity contribution in [1.82, 2.24) is 15.5 Å². The Hall–Kier alpha value is -1.55. The Kier molecular flexibility index (Phi) is 5.44. The summed E-state index contributed by atoms with van der Waals surface area (Å²) < 4.78 is 0. The number of hydrogen-bond donors (Lipinski definition) is 2. The Morgan fingerprint density at radius 2 is 1.92 bits per heavy atom. The van der Waals surface area contributed by atoms with E-state index in [1.54, 1.807) is 0 Å². The Labute approximate surface area is 146 Å². The maximum absolute atomic E-state index is 4.41. The van der Waals surface area contributed by atoms with Crippen molar-refractivity contribution >= 4 is 5.96 Å². The minimum absolute atomic E-state index is 0.0980. The smallest absolute Gasteiger partial charge is 0.191 e. The van der Waals surface area contributed by atoms with Crippen molar-refractivity contribution in [3.63, 3.8) is 0 Å². The van der Waals surface area contributed by atoms with Gasteiger partial charge in [0.05, 0.1) is 0 Å². The first-order valence-electron chi connectivity index (χ1n) is 9.37. The number of benzene rings is 1. The van der Waals surface area contributed by atoms with E-state index in [0.29, 0.717) is 6.04 Å². The molecule has 0 aromatic heterocycles. The summed E-state index contributed by atoms with van der Waals surface area (Å²) in [6.07, 6.45) is 6.37. The van der Waals surface area contributed by atoms with Crippen molar-refractivity contribution in [1.29, 1.82) is 0 Å². The molecule has 0 unspecified atom stereocenters. The van der Waals surface area contributed by atoms with Gasteiger partial charge in [-0.15, -0.1) is 0 Å². The fraction of sp³-hybridized carbons (Fsp3) is 0.650. The zero-order valence-electron chi connectivity index (χ0n) is 15.4. The van der Waals surface area contributed by atoms with Gasteiger partial charge >= 0.3 is 0 Å². The number of nitrogens with one attached hydrogen (secondary N) is 2. The van der Waals surface area contributed by atoms with Gasteiger partial charge in [-0.2, -0.15) is 0 Å². The van der Waals surface area contributed by atoms with E-state index < -0.39 is 0 Å². The Morgan fingerprint density at radius 1 is 1.21 bits per heavy atom. The highest BCUT2D eigenvalue weighted by atomic mass is 15.2. The Bertz CT molecular complexity index is 573. The van der Waals surface area contributed by atoms with Gasteiger partial charge in [0.2, 0.25) is 0 Å². The monoisotopic (exact) mass is 328 g/mol. The molecular weight excluding hydrogens is 296 g/mol. The van der Waals surface area contributed by atoms with Crippen LogP contribution in [0.1, 0.15) is 50.7 Å². The van der Waals surface area contributed by atoms with Crippen LogP contribution in [0, 0.1) is 0 Å². The van der Waals surface area contributed by atoms with Crippen LogP contribution in [0.4, 0.5) is 0 Å². The van der Waals surface area contributed by atoms with Crippen molar-refractivity contribution in [2.24, 2.45) is 4.99 Å². The lowest BCUT2D eigenvalue weighted by Crippen LogP contribution is -2.55. The first-order valence-corrected chi connectivity index (χ1v) is 9.37. The van der Waals surface area contributed by atoms with Gasteiger partial charge in [0.25, 0.3) is 0 Å². The summed E-state index contributed by atoms with van der Waals surface area (Å²) in [5.74, 6) is 0.951. The highest BCUT2D eigenvalue weighted by molar-refractivity contribution is 5.80. The van der Waals surface area contributed by atoms with Gasteiger partial charge in [-0.25, -0.2) is 0 Å². The molecule has 0 spiro atoms. The maximum atomic E-state index is 4.41. The van der Waals surface area contributed by atoms with Crippen LogP contribution in [0.5, 0.6) is 0 Å². The van der Waals surface area contributed by atoms with Gasteiger partial charge in [-0.1, -0.05) is 37.1 Å². The summed E-state index contributed by atoms with van der Waals surface area (Å²) in [6.45, 7) is 7.73. The molecule has 0 amide bonds. The van der Waals surface area contributed by atoms with Crippen molar-refractivity contribution in [3.05, 3.63) is 35.4 Å². The molecule has 4 heteroatoms. The molecule has 4 nitrogen and oxygen atoms in total. The van der Waals surface area contributed by atoms with Crippen LogP contribution in [0.2, 0.25) is 0 Å². The Morgan fingerprint density at radius 3 is 2.62 bits per heavy atom. The van der Waals surface area contributed by atoms with E-state index >= 15 is 0 Å². The van der Waals surface area contributed by atoms with E-state index in [9.17, 15) is 0 Å². The van der Waals surface area contributed by atoms with Gasteiger partial charge in [-0.05, 0) is 44.2 Å². The molecule has 2 aliphatic rings. The summed E-state index contributed by atoms with van der Waals surface area (Å²) in [6, 6.07) is 9.44. The molecule has 1 aliphatic carbocycles. The molecule has 0 atom stereocenters. The molecule has 0 radical (unpaired) electrons. The summed E-state index contributed by atoms with van der Waals surface area (Å²) in [7, 11) is 1.87. The lowest BCUT2D eigenvalue weighted by atomic mass is 9.94. The van der Waals surface area contributed by atoms with E-state index in [-0.39, 0.29) is 5.54 Å². The Balaban J connectivity index is 1.55. The largest absolute Gasteiger partial charge is 0.355 e. The van der Waals surface area contributed by atoms with Crippen LogP contribution in [-0.2, 0) is 13.0 Å².